The van der Waals surface area contributed by atoms with Gasteiger partial charge in [0.25, 0.3) is 0 Å². The first-order valence-corrected chi connectivity index (χ1v) is 10.8. The molecule has 0 aromatic heterocycles. The highest BCUT2D eigenvalue weighted by molar-refractivity contribution is 5.71. The summed E-state index contributed by atoms with van der Waals surface area (Å²) in [4.78, 5) is 2.45. The summed E-state index contributed by atoms with van der Waals surface area (Å²) >= 11 is 0. The molecule has 0 aliphatic carbocycles. The van der Waals surface area contributed by atoms with Crippen LogP contribution in [-0.4, -0.2) is 25.9 Å². The molecular formula is C22H40N4O. The summed E-state index contributed by atoms with van der Waals surface area (Å²) in [5.41, 5.74) is 10.2. The largest absolute Gasteiger partial charge is 0.371 e. The Balaban J connectivity index is 2.79. The van der Waals surface area contributed by atoms with Crippen molar-refractivity contribution in [3.63, 3.8) is 0 Å². The third kappa shape index (κ3) is 8.74. The van der Waals surface area contributed by atoms with Crippen molar-refractivity contribution in [3.8, 4) is 0 Å². The van der Waals surface area contributed by atoms with Crippen LogP contribution in [0, 0.1) is 5.53 Å². The van der Waals surface area contributed by atoms with E-state index in [4.69, 9.17) is 10.3 Å². The molecule has 0 aliphatic heterocycles. The maximum Gasteiger partial charge on any atom is 0.116 e. The fraction of sp³-hybridized carbons (Fsp3) is 0.727. The second kappa shape index (κ2) is 14.4. The summed E-state index contributed by atoms with van der Waals surface area (Å²) in [6.45, 7) is 11.4. The van der Waals surface area contributed by atoms with Crippen molar-refractivity contribution in [2.75, 3.05) is 30.0 Å². The highest BCUT2D eigenvalue weighted by Crippen LogP contribution is 2.30. The molecule has 0 saturated heterocycles. The van der Waals surface area contributed by atoms with Gasteiger partial charge in [0.05, 0.1) is 11.8 Å². The highest BCUT2D eigenvalue weighted by atomic mass is 16.5. The Morgan fingerprint density at radius 3 is 2.26 bits per heavy atom. The maximum absolute atomic E-state index is 7.46. The molecule has 0 spiro atoms. The van der Waals surface area contributed by atoms with Crippen LogP contribution in [-0.2, 0) is 4.74 Å². The van der Waals surface area contributed by atoms with Crippen LogP contribution in [0.1, 0.15) is 79.1 Å². The molecule has 0 heterocycles. The Morgan fingerprint density at radius 2 is 1.70 bits per heavy atom. The van der Waals surface area contributed by atoms with Crippen molar-refractivity contribution >= 4 is 17.1 Å². The van der Waals surface area contributed by atoms with Crippen LogP contribution >= 0.6 is 0 Å². The molecule has 1 unspecified atom stereocenters. The minimum atomic E-state index is 0.294. The Morgan fingerprint density at radius 1 is 1.04 bits per heavy atom. The first-order chi connectivity index (χ1) is 13.2. The fourth-order valence-corrected chi connectivity index (χ4v) is 3.10. The van der Waals surface area contributed by atoms with Crippen LogP contribution in [0.2, 0.25) is 0 Å². The molecule has 27 heavy (non-hydrogen) atoms. The van der Waals surface area contributed by atoms with Gasteiger partial charge in [0.1, 0.15) is 12.4 Å². The monoisotopic (exact) mass is 376 g/mol. The van der Waals surface area contributed by atoms with Gasteiger partial charge in [-0.2, -0.15) is 5.11 Å². The number of nitrogens with zero attached hydrogens (tertiary/aromatic N) is 2. The second-order valence-corrected chi connectivity index (χ2v) is 7.17. The number of anilines is 2. The molecule has 1 aromatic carbocycles. The standard InChI is InChI=1S/C22H40N4O/c1-5-9-12-20(8-4)27-18-24-22-17-19(13-14-21(22)25-23)26(15-10-6-2)16-11-7-3/h13-14,17,20,23-24H,5-12,15-16,18H2,1-4H3. The van der Waals surface area contributed by atoms with Gasteiger partial charge in [-0.3, -0.25) is 0 Å². The molecule has 1 aromatic rings. The summed E-state index contributed by atoms with van der Waals surface area (Å²) in [7, 11) is 0. The van der Waals surface area contributed by atoms with Gasteiger partial charge in [-0.25, -0.2) is 5.53 Å². The number of benzene rings is 1. The molecule has 2 N–H and O–H groups in total. The smallest absolute Gasteiger partial charge is 0.116 e. The molecule has 0 bridgehead atoms. The lowest BCUT2D eigenvalue weighted by Crippen LogP contribution is -2.25. The van der Waals surface area contributed by atoms with Crippen molar-refractivity contribution in [1.82, 2.24) is 0 Å². The highest BCUT2D eigenvalue weighted by Gasteiger charge is 2.11. The lowest BCUT2D eigenvalue weighted by Gasteiger charge is -2.26. The van der Waals surface area contributed by atoms with Crippen LogP contribution in [0.15, 0.2) is 23.3 Å². The Labute approximate surface area is 166 Å². The van der Waals surface area contributed by atoms with Crippen molar-refractivity contribution in [3.05, 3.63) is 18.2 Å². The number of hydrogen-bond acceptors (Lipinski definition) is 5. The predicted molar refractivity (Wildman–Crippen MR) is 116 cm³/mol. The normalized spacial score (nSPS) is 12.0. The average Bonchev–Trinajstić information content (AvgIpc) is 2.70. The predicted octanol–water partition coefficient (Wildman–Crippen LogP) is 7.11. The summed E-state index contributed by atoms with van der Waals surface area (Å²) in [5, 5.41) is 7.03. The van der Waals surface area contributed by atoms with Gasteiger partial charge >= 0.3 is 0 Å². The number of rotatable bonds is 16. The first-order valence-electron chi connectivity index (χ1n) is 10.8. The van der Waals surface area contributed by atoms with E-state index < -0.39 is 0 Å². The lowest BCUT2D eigenvalue weighted by molar-refractivity contribution is 0.0562. The van der Waals surface area contributed by atoms with E-state index in [1.54, 1.807) is 0 Å². The van der Waals surface area contributed by atoms with E-state index in [-0.39, 0.29) is 0 Å². The molecule has 1 atom stereocenters. The van der Waals surface area contributed by atoms with E-state index in [0.29, 0.717) is 18.5 Å². The molecule has 0 saturated carbocycles. The van der Waals surface area contributed by atoms with E-state index in [1.807, 2.05) is 6.07 Å². The summed E-state index contributed by atoms with van der Waals surface area (Å²) in [5.74, 6) is 0. The zero-order chi connectivity index (χ0) is 19.9. The summed E-state index contributed by atoms with van der Waals surface area (Å²) in [6, 6.07) is 6.14. The van der Waals surface area contributed by atoms with Gasteiger partial charge in [-0.15, -0.1) is 0 Å². The van der Waals surface area contributed by atoms with Crippen LogP contribution in [0.3, 0.4) is 0 Å². The van der Waals surface area contributed by atoms with Gasteiger partial charge < -0.3 is 15.0 Å². The van der Waals surface area contributed by atoms with E-state index in [1.165, 1.54) is 44.2 Å². The second-order valence-electron chi connectivity index (χ2n) is 7.17. The van der Waals surface area contributed by atoms with Gasteiger partial charge in [0, 0.05) is 18.8 Å². The van der Waals surface area contributed by atoms with Crippen LogP contribution in [0.25, 0.3) is 0 Å². The van der Waals surface area contributed by atoms with Crippen molar-refractivity contribution in [2.24, 2.45) is 5.11 Å². The van der Waals surface area contributed by atoms with Crippen LogP contribution < -0.4 is 10.2 Å². The molecule has 154 valence electrons. The first kappa shape index (κ1) is 23.4. The van der Waals surface area contributed by atoms with Crippen LogP contribution in [0.4, 0.5) is 17.1 Å². The SMILES string of the molecule is CCCCC(CC)OCNc1cc(N(CCCC)CCCC)ccc1N=N. The third-order valence-corrected chi connectivity index (χ3v) is 4.95. The minimum absolute atomic E-state index is 0.294. The molecule has 0 aliphatic rings. The Bertz CT molecular complexity index is 513. The van der Waals surface area contributed by atoms with Crippen molar-refractivity contribution < 1.29 is 4.74 Å². The molecule has 0 amide bonds. The van der Waals surface area contributed by atoms with Gasteiger partial charge in [0.2, 0.25) is 0 Å². The van der Waals surface area contributed by atoms with Crippen molar-refractivity contribution in [1.29, 1.82) is 5.53 Å². The van der Waals surface area contributed by atoms with Gasteiger partial charge in [0.15, 0.2) is 0 Å². The summed E-state index contributed by atoms with van der Waals surface area (Å²) < 4.78 is 6.00. The van der Waals surface area contributed by atoms with Crippen molar-refractivity contribution in [2.45, 2.75) is 85.2 Å². The molecule has 1 rings (SSSR count). The Kier molecular flexibility index (Phi) is 12.5. The van der Waals surface area contributed by atoms with E-state index >= 15 is 0 Å². The number of unbranched alkanes of at least 4 members (excludes halogenated alkanes) is 3. The van der Waals surface area contributed by atoms with Crippen LogP contribution in [0.5, 0.6) is 0 Å². The number of ether oxygens (including phenoxy) is 1. The summed E-state index contributed by atoms with van der Waals surface area (Å²) in [6.07, 6.45) is 9.59. The number of nitrogens with one attached hydrogen (secondary N) is 2. The maximum atomic E-state index is 7.46. The minimum Gasteiger partial charge on any atom is -0.371 e. The van der Waals surface area contributed by atoms with E-state index in [0.717, 1.165) is 31.6 Å². The number of hydrogen-bond donors (Lipinski definition) is 2. The molecular weight excluding hydrogens is 336 g/mol. The van der Waals surface area contributed by atoms with Gasteiger partial charge in [-0.05, 0) is 43.9 Å². The molecule has 0 radical (unpaired) electrons. The quantitative estimate of drug-likeness (QED) is 0.239. The topological polar surface area (TPSA) is 60.7 Å². The molecule has 5 heteroatoms. The zero-order valence-corrected chi connectivity index (χ0v) is 17.9. The Hall–Kier alpha value is -1.62. The van der Waals surface area contributed by atoms with Gasteiger partial charge in [-0.1, -0.05) is 53.4 Å². The van der Waals surface area contributed by atoms with E-state index in [9.17, 15) is 0 Å². The van der Waals surface area contributed by atoms with E-state index in [2.05, 4.69) is 55.2 Å². The molecule has 0 fully saturated rings. The lowest BCUT2D eigenvalue weighted by atomic mass is 10.1. The average molecular weight is 377 g/mol. The molecule has 5 nitrogen and oxygen atoms in total. The third-order valence-electron chi connectivity index (χ3n) is 4.95. The zero-order valence-electron chi connectivity index (χ0n) is 17.9. The fourth-order valence-electron chi connectivity index (χ4n) is 3.10.